The summed E-state index contributed by atoms with van der Waals surface area (Å²) in [6.07, 6.45) is -1.44. The smallest absolute Gasteiger partial charge is 0.407 e. The van der Waals surface area contributed by atoms with Crippen molar-refractivity contribution in [2.45, 2.75) is 38.8 Å². The number of nitrogens with zero attached hydrogens (tertiary/aromatic N) is 1. The lowest BCUT2D eigenvalue weighted by Gasteiger charge is -2.33. The number of benzene rings is 1. The van der Waals surface area contributed by atoms with Crippen LogP contribution in [-0.4, -0.2) is 33.3 Å². The fourth-order valence-corrected chi connectivity index (χ4v) is 2.13. The normalized spacial score (nSPS) is 13.1. The number of aliphatic hydroxyl groups is 1. The predicted molar refractivity (Wildman–Crippen MR) is 75.5 cm³/mol. The van der Waals surface area contributed by atoms with Crippen LogP contribution >= 0.6 is 11.6 Å². The largest absolute Gasteiger partial charge is 0.465 e. The quantitative estimate of drug-likeness (QED) is 0.889. The van der Waals surface area contributed by atoms with Crippen LogP contribution in [0, 0.1) is 0 Å². The molecule has 1 aromatic rings. The number of carbonyl (C=O) groups is 1. The Bertz CT molecular complexity index is 443. The predicted octanol–water partition coefficient (Wildman–Crippen LogP) is 3.54. The Morgan fingerprint density at radius 2 is 1.95 bits per heavy atom. The minimum atomic E-state index is -0.987. The molecule has 0 fully saturated rings. The summed E-state index contributed by atoms with van der Waals surface area (Å²) >= 11 is 6.00. The number of hydrogen-bond donors (Lipinski definition) is 2. The summed E-state index contributed by atoms with van der Waals surface area (Å²) in [4.78, 5) is 12.5. The summed E-state index contributed by atoms with van der Waals surface area (Å²) in [5.74, 6) is 0. The van der Waals surface area contributed by atoms with E-state index in [0.717, 1.165) is 0 Å². The van der Waals surface area contributed by atoms with E-state index in [1.165, 1.54) is 4.90 Å². The lowest BCUT2D eigenvalue weighted by molar-refractivity contribution is 0.0821. The molecule has 4 nitrogen and oxygen atoms in total. The summed E-state index contributed by atoms with van der Waals surface area (Å²) in [5.41, 5.74) is 0.134. The molecule has 1 rings (SSSR count). The third kappa shape index (κ3) is 4.40. The zero-order valence-electron chi connectivity index (χ0n) is 11.4. The van der Waals surface area contributed by atoms with Crippen molar-refractivity contribution >= 4 is 17.7 Å². The molecule has 0 radical (unpaired) electrons. The van der Waals surface area contributed by atoms with Crippen LogP contribution in [0.3, 0.4) is 0 Å². The molecule has 19 heavy (non-hydrogen) atoms. The van der Waals surface area contributed by atoms with Gasteiger partial charge in [-0.15, -0.1) is 0 Å². The van der Waals surface area contributed by atoms with Crippen LogP contribution in [0.15, 0.2) is 24.3 Å². The van der Waals surface area contributed by atoms with E-state index in [9.17, 15) is 9.90 Å². The van der Waals surface area contributed by atoms with Crippen molar-refractivity contribution in [1.29, 1.82) is 0 Å². The van der Waals surface area contributed by atoms with Gasteiger partial charge in [0.05, 0.1) is 6.10 Å². The van der Waals surface area contributed by atoms with Crippen molar-refractivity contribution in [2.75, 3.05) is 6.54 Å². The van der Waals surface area contributed by atoms with Gasteiger partial charge in [-0.2, -0.15) is 0 Å². The molecular weight excluding hydrogens is 266 g/mol. The molecule has 106 valence electrons. The van der Waals surface area contributed by atoms with Gasteiger partial charge in [-0.3, -0.25) is 0 Å². The summed E-state index contributed by atoms with van der Waals surface area (Å²) in [6.45, 7) is 5.72. The molecule has 0 bridgehead atoms. The van der Waals surface area contributed by atoms with Crippen molar-refractivity contribution in [1.82, 2.24) is 4.90 Å². The number of rotatable bonds is 4. The topological polar surface area (TPSA) is 60.8 Å². The Hall–Kier alpha value is -1.26. The van der Waals surface area contributed by atoms with E-state index in [1.807, 2.05) is 20.8 Å². The van der Waals surface area contributed by atoms with Crippen molar-refractivity contribution in [3.63, 3.8) is 0 Å². The van der Waals surface area contributed by atoms with E-state index in [4.69, 9.17) is 16.7 Å². The minimum Gasteiger partial charge on any atom is -0.465 e. The standard InChI is InChI=1S/C14H20ClNO3/c1-14(2,3)16(13(18)19)9-8-12(17)10-6-4-5-7-11(10)15/h4-7,12,17H,8-9H2,1-3H3,(H,18,19). The van der Waals surface area contributed by atoms with Crippen LogP contribution in [0.1, 0.15) is 38.9 Å². The van der Waals surface area contributed by atoms with Gasteiger partial charge in [-0.25, -0.2) is 4.79 Å². The van der Waals surface area contributed by atoms with Crippen LogP contribution in [0.2, 0.25) is 5.02 Å². The first kappa shape index (κ1) is 15.8. The average Bonchev–Trinajstić information content (AvgIpc) is 2.27. The number of hydrogen-bond acceptors (Lipinski definition) is 2. The fourth-order valence-electron chi connectivity index (χ4n) is 1.87. The molecule has 2 N–H and O–H groups in total. The SMILES string of the molecule is CC(C)(C)N(CCC(O)c1ccccc1Cl)C(=O)O. The summed E-state index contributed by atoms with van der Waals surface area (Å²) in [5, 5.41) is 19.8. The Kier molecular flexibility index (Phi) is 5.20. The van der Waals surface area contributed by atoms with Crippen LogP contribution in [0.5, 0.6) is 0 Å². The highest BCUT2D eigenvalue weighted by Crippen LogP contribution is 2.26. The van der Waals surface area contributed by atoms with E-state index in [0.29, 0.717) is 17.0 Å². The molecule has 1 atom stereocenters. The second-order valence-corrected chi connectivity index (χ2v) is 5.84. The Morgan fingerprint density at radius 1 is 1.37 bits per heavy atom. The van der Waals surface area contributed by atoms with Gasteiger partial charge < -0.3 is 15.1 Å². The highest BCUT2D eigenvalue weighted by Gasteiger charge is 2.26. The Labute approximate surface area is 118 Å². The van der Waals surface area contributed by atoms with E-state index in [2.05, 4.69) is 0 Å². The zero-order chi connectivity index (χ0) is 14.6. The molecule has 0 aliphatic heterocycles. The molecule has 0 aliphatic carbocycles. The maximum absolute atomic E-state index is 11.2. The molecule has 0 aromatic heterocycles. The molecule has 1 unspecified atom stereocenters. The van der Waals surface area contributed by atoms with Gasteiger partial charge in [-0.1, -0.05) is 29.8 Å². The lowest BCUT2D eigenvalue weighted by Crippen LogP contribution is -2.45. The molecule has 0 aliphatic rings. The van der Waals surface area contributed by atoms with Gasteiger partial charge >= 0.3 is 6.09 Å². The van der Waals surface area contributed by atoms with Crippen molar-refractivity contribution < 1.29 is 15.0 Å². The van der Waals surface area contributed by atoms with E-state index >= 15 is 0 Å². The van der Waals surface area contributed by atoms with Gasteiger partial charge in [0.25, 0.3) is 0 Å². The number of amides is 1. The first-order valence-corrected chi connectivity index (χ1v) is 6.54. The molecule has 0 saturated heterocycles. The van der Waals surface area contributed by atoms with Crippen molar-refractivity contribution in [2.24, 2.45) is 0 Å². The minimum absolute atomic E-state index is 0.255. The second kappa shape index (κ2) is 6.26. The molecule has 5 heteroatoms. The van der Waals surface area contributed by atoms with Crippen LogP contribution < -0.4 is 0 Å². The second-order valence-electron chi connectivity index (χ2n) is 5.43. The van der Waals surface area contributed by atoms with Crippen LogP contribution in [0.4, 0.5) is 4.79 Å². The van der Waals surface area contributed by atoms with E-state index < -0.39 is 17.7 Å². The molecule has 0 saturated carbocycles. The number of aliphatic hydroxyl groups excluding tert-OH is 1. The maximum atomic E-state index is 11.2. The van der Waals surface area contributed by atoms with Crippen molar-refractivity contribution in [3.8, 4) is 0 Å². The lowest BCUT2D eigenvalue weighted by atomic mass is 10.0. The first-order chi connectivity index (χ1) is 8.73. The number of carboxylic acid groups (broad SMARTS) is 1. The molecule has 0 spiro atoms. The van der Waals surface area contributed by atoms with Gasteiger partial charge in [0.1, 0.15) is 0 Å². The van der Waals surface area contributed by atoms with E-state index in [-0.39, 0.29) is 6.54 Å². The summed E-state index contributed by atoms with van der Waals surface area (Å²) in [7, 11) is 0. The van der Waals surface area contributed by atoms with Gasteiger partial charge in [0, 0.05) is 17.1 Å². The van der Waals surface area contributed by atoms with Crippen LogP contribution in [0.25, 0.3) is 0 Å². The zero-order valence-corrected chi connectivity index (χ0v) is 12.2. The third-order valence-corrected chi connectivity index (χ3v) is 3.28. The molecule has 1 amide bonds. The van der Waals surface area contributed by atoms with E-state index in [1.54, 1.807) is 24.3 Å². The number of halogens is 1. The molecule has 0 heterocycles. The molecular formula is C14H20ClNO3. The first-order valence-electron chi connectivity index (χ1n) is 6.16. The summed E-state index contributed by atoms with van der Waals surface area (Å²) < 4.78 is 0. The van der Waals surface area contributed by atoms with Crippen molar-refractivity contribution in [3.05, 3.63) is 34.9 Å². The highest BCUT2D eigenvalue weighted by atomic mass is 35.5. The monoisotopic (exact) mass is 285 g/mol. The third-order valence-electron chi connectivity index (χ3n) is 2.93. The van der Waals surface area contributed by atoms with Gasteiger partial charge in [0.2, 0.25) is 0 Å². The van der Waals surface area contributed by atoms with Crippen LogP contribution in [-0.2, 0) is 0 Å². The fraction of sp³-hybridized carbons (Fsp3) is 0.500. The Morgan fingerprint density at radius 3 is 2.42 bits per heavy atom. The average molecular weight is 286 g/mol. The highest BCUT2D eigenvalue weighted by molar-refractivity contribution is 6.31. The van der Waals surface area contributed by atoms with Gasteiger partial charge in [0.15, 0.2) is 0 Å². The molecule has 1 aromatic carbocycles. The summed E-state index contributed by atoms with van der Waals surface area (Å²) in [6, 6.07) is 7.04. The Balaban J connectivity index is 2.70. The van der Waals surface area contributed by atoms with Gasteiger partial charge in [-0.05, 0) is 38.8 Å². The maximum Gasteiger partial charge on any atom is 0.407 e.